The van der Waals surface area contributed by atoms with Crippen molar-refractivity contribution in [1.29, 1.82) is 0 Å². The lowest BCUT2D eigenvalue weighted by Gasteiger charge is -2.24. The number of primary amides is 1. The molecule has 1 heterocycles. The van der Waals surface area contributed by atoms with E-state index in [9.17, 15) is 9.59 Å². The first-order chi connectivity index (χ1) is 8.30. The SMILES string of the molecule is CC(C)(Cc1ncccc1I)OC(=O)OC(N)=O. The summed E-state index contributed by atoms with van der Waals surface area (Å²) in [6, 6.07) is 3.72. The molecule has 0 aliphatic rings. The summed E-state index contributed by atoms with van der Waals surface area (Å²) in [6.45, 7) is 3.39. The van der Waals surface area contributed by atoms with Crippen molar-refractivity contribution in [3.05, 3.63) is 27.6 Å². The number of halogens is 1. The van der Waals surface area contributed by atoms with Crippen molar-refractivity contribution < 1.29 is 19.1 Å². The van der Waals surface area contributed by atoms with E-state index in [4.69, 9.17) is 10.5 Å². The second kappa shape index (κ2) is 5.98. The molecule has 0 radical (unpaired) electrons. The average Bonchev–Trinajstić information content (AvgIpc) is 2.18. The minimum atomic E-state index is -1.19. The van der Waals surface area contributed by atoms with Crippen LogP contribution >= 0.6 is 22.6 Å². The Morgan fingerprint density at radius 1 is 1.50 bits per heavy atom. The molecule has 1 aromatic heterocycles. The van der Waals surface area contributed by atoms with Gasteiger partial charge in [0, 0.05) is 16.2 Å². The van der Waals surface area contributed by atoms with Gasteiger partial charge >= 0.3 is 12.2 Å². The molecular formula is C11H13IN2O4. The number of carbonyl (C=O) groups excluding carboxylic acids is 2. The van der Waals surface area contributed by atoms with Gasteiger partial charge in [0.05, 0.1) is 5.69 Å². The molecule has 0 spiro atoms. The summed E-state index contributed by atoms with van der Waals surface area (Å²) in [4.78, 5) is 25.8. The predicted octanol–water partition coefficient (Wildman–Crippen LogP) is 2.24. The van der Waals surface area contributed by atoms with Crippen LogP contribution in [-0.2, 0) is 15.9 Å². The van der Waals surface area contributed by atoms with Crippen LogP contribution < -0.4 is 5.73 Å². The van der Waals surface area contributed by atoms with E-state index in [2.05, 4.69) is 32.3 Å². The van der Waals surface area contributed by atoms with Crippen LogP contribution in [0.15, 0.2) is 18.3 Å². The third-order valence-corrected chi connectivity index (χ3v) is 2.95. The van der Waals surface area contributed by atoms with Gasteiger partial charge in [-0.3, -0.25) is 4.98 Å². The number of ether oxygens (including phenoxy) is 2. The molecule has 7 heteroatoms. The lowest BCUT2D eigenvalue weighted by molar-refractivity contribution is -0.0000847. The summed E-state index contributed by atoms with van der Waals surface area (Å²) in [5.41, 5.74) is 4.67. The molecule has 0 aromatic carbocycles. The third kappa shape index (κ3) is 4.86. The van der Waals surface area contributed by atoms with Crippen LogP contribution in [0.25, 0.3) is 0 Å². The number of rotatable bonds is 3. The van der Waals surface area contributed by atoms with Gasteiger partial charge in [0.1, 0.15) is 5.60 Å². The standard InChI is InChI=1S/C11H13IN2O4/c1-11(2,18-10(16)17-9(13)15)6-8-7(12)4-3-5-14-8/h3-5H,6H2,1-2H3,(H2,13,15). The van der Waals surface area contributed by atoms with Crippen molar-refractivity contribution in [2.45, 2.75) is 25.9 Å². The molecule has 0 bridgehead atoms. The maximum Gasteiger partial charge on any atom is 0.517 e. The van der Waals surface area contributed by atoms with Gasteiger partial charge < -0.3 is 15.2 Å². The van der Waals surface area contributed by atoms with Crippen LogP contribution in [0.1, 0.15) is 19.5 Å². The van der Waals surface area contributed by atoms with Gasteiger partial charge in [-0.1, -0.05) is 0 Å². The normalized spacial score (nSPS) is 10.8. The highest BCUT2D eigenvalue weighted by molar-refractivity contribution is 14.1. The minimum Gasteiger partial charge on any atom is -0.427 e. The lowest BCUT2D eigenvalue weighted by atomic mass is 10.0. The highest BCUT2D eigenvalue weighted by atomic mass is 127. The van der Waals surface area contributed by atoms with E-state index in [1.165, 1.54) is 0 Å². The number of amides is 1. The summed E-state index contributed by atoms with van der Waals surface area (Å²) in [5, 5.41) is 0. The van der Waals surface area contributed by atoms with Crippen LogP contribution in [-0.4, -0.2) is 22.8 Å². The lowest BCUT2D eigenvalue weighted by Crippen LogP contribution is -2.33. The second-order valence-electron chi connectivity index (χ2n) is 4.14. The van der Waals surface area contributed by atoms with Crippen molar-refractivity contribution >= 4 is 34.8 Å². The Hall–Kier alpha value is -1.38. The van der Waals surface area contributed by atoms with E-state index in [1.54, 1.807) is 20.0 Å². The van der Waals surface area contributed by atoms with E-state index in [0.717, 1.165) is 9.26 Å². The molecular weight excluding hydrogens is 351 g/mol. The van der Waals surface area contributed by atoms with Gasteiger partial charge in [0.15, 0.2) is 0 Å². The number of pyridine rings is 1. The summed E-state index contributed by atoms with van der Waals surface area (Å²) >= 11 is 2.15. The van der Waals surface area contributed by atoms with Crippen LogP contribution in [0.3, 0.4) is 0 Å². The molecule has 0 fully saturated rings. The maximum absolute atomic E-state index is 11.2. The maximum atomic E-state index is 11.2. The van der Waals surface area contributed by atoms with Gasteiger partial charge in [0.25, 0.3) is 0 Å². The van der Waals surface area contributed by atoms with Crippen molar-refractivity contribution in [2.75, 3.05) is 0 Å². The first kappa shape index (κ1) is 14.7. The number of nitrogens with zero attached hydrogens (tertiary/aromatic N) is 1. The summed E-state index contributed by atoms with van der Waals surface area (Å²) < 4.78 is 10.1. The summed E-state index contributed by atoms with van der Waals surface area (Å²) in [7, 11) is 0. The number of nitrogens with two attached hydrogens (primary N) is 1. The average molecular weight is 364 g/mol. The van der Waals surface area contributed by atoms with Crippen molar-refractivity contribution in [1.82, 2.24) is 4.98 Å². The highest BCUT2D eigenvalue weighted by Gasteiger charge is 2.26. The molecule has 0 atom stereocenters. The Labute approximate surface area is 118 Å². The Morgan fingerprint density at radius 2 is 2.17 bits per heavy atom. The summed E-state index contributed by atoms with van der Waals surface area (Å²) in [5.74, 6) is 0. The molecule has 0 aliphatic carbocycles. The molecule has 1 amide bonds. The van der Waals surface area contributed by atoms with E-state index in [1.807, 2.05) is 12.1 Å². The van der Waals surface area contributed by atoms with Gasteiger partial charge in [-0.15, -0.1) is 0 Å². The smallest absolute Gasteiger partial charge is 0.427 e. The molecule has 0 aliphatic heterocycles. The Balaban J connectivity index is 2.67. The second-order valence-corrected chi connectivity index (χ2v) is 5.30. The first-order valence-corrected chi connectivity index (χ1v) is 6.18. The highest BCUT2D eigenvalue weighted by Crippen LogP contribution is 2.20. The van der Waals surface area contributed by atoms with E-state index in [0.29, 0.717) is 6.42 Å². The van der Waals surface area contributed by atoms with Crippen LogP contribution in [0.2, 0.25) is 0 Å². The largest absolute Gasteiger partial charge is 0.517 e. The van der Waals surface area contributed by atoms with Crippen LogP contribution in [0.4, 0.5) is 9.59 Å². The van der Waals surface area contributed by atoms with Crippen molar-refractivity contribution in [3.63, 3.8) is 0 Å². The number of carbonyl (C=O) groups is 2. The molecule has 6 nitrogen and oxygen atoms in total. The molecule has 18 heavy (non-hydrogen) atoms. The van der Waals surface area contributed by atoms with Crippen molar-refractivity contribution in [3.8, 4) is 0 Å². The Morgan fingerprint density at radius 3 is 2.72 bits per heavy atom. The minimum absolute atomic E-state index is 0.403. The number of aromatic nitrogens is 1. The van der Waals surface area contributed by atoms with Gasteiger partial charge in [-0.25, -0.2) is 9.59 Å². The molecule has 0 saturated carbocycles. The van der Waals surface area contributed by atoms with Crippen molar-refractivity contribution in [2.24, 2.45) is 5.73 Å². The molecule has 1 aromatic rings. The topological polar surface area (TPSA) is 91.5 Å². The van der Waals surface area contributed by atoms with Crippen LogP contribution in [0.5, 0.6) is 0 Å². The van der Waals surface area contributed by atoms with Gasteiger partial charge in [0.2, 0.25) is 0 Å². The van der Waals surface area contributed by atoms with Gasteiger partial charge in [-0.2, -0.15) is 0 Å². The fraction of sp³-hybridized carbons (Fsp3) is 0.364. The molecule has 0 saturated heterocycles. The first-order valence-electron chi connectivity index (χ1n) is 5.10. The molecule has 98 valence electrons. The number of hydrogen-bond acceptors (Lipinski definition) is 5. The fourth-order valence-corrected chi connectivity index (χ4v) is 1.85. The van der Waals surface area contributed by atoms with E-state index < -0.39 is 17.8 Å². The van der Waals surface area contributed by atoms with Crippen LogP contribution in [0, 0.1) is 3.57 Å². The number of hydrogen-bond donors (Lipinski definition) is 1. The van der Waals surface area contributed by atoms with Gasteiger partial charge in [-0.05, 0) is 48.6 Å². The zero-order valence-electron chi connectivity index (χ0n) is 9.97. The summed E-state index contributed by atoms with van der Waals surface area (Å²) in [6.07, 6.45) is -0.239. The Bertz CT molecular complexity index is 462. The van der Waals surface area contributed by atoms with E-state index in [-0.39, 0.29) is 0 Å². The molecule has 0 unspecified atom stereocenters. The predicted molar refractivity (Wildman–Crippen MR) is 71.9 cm³/mol. The Kier molecular flexibility index (Phi) is 4.88. The van der Waals surface area contributed by atoms with E-state index >= 15 is 0 Å². The zero-order valence-corrected chi connectivity index (χ0v) is 12.1. The monoisotopic (exact) mass is 364 g/mol. The molecule has 1 rings (SSSR count). The molecule has 2 N–H and O–H groups in total. The quantitative estimate of drug-likeness (QED) is 0.505. The third-order valence-electron chi connectivity index (χ3n) is 1.97. The zero-order chi connectivity index (χ0) is 13.8. The fourth-order valence-electron chi connectivity index (χ4n) is 1.32.